The largest absolute Gasteiger partial charge is 0.469 e. The summed E-state index contributed by atoms with van der Waals surface area (Å²) in [6.45, 7) is 9.89. The van der Waals surface area contributed by atoms with E-state index in [9.17, 15) is 4.79 Å². The molecule has 0 aliphatic rings. The van der Waals surface area contributed by atoms with Crippen molar-refractivity contribution in [1.29, 1.82) is 0 Å². The van der Waals surface area contributed by atoms with Crippen molar-refractivity contribution in [3.05, 3.63) is 52.5 Å². The van der Waals surface area contributed by atoms with E-state index in [0.29, 0.717) is 5.16 Å². The van der Waals surface area contributed by atoms with Crippen LogP contribution in [0.5, 0.6) is 0 Å². The molecule has 0 spiro atoms. The summed E-state index contributed by atoms with van der Waals surface area (Å²) in [5, 5.41) is 8.99. The van der Waals surface area contributed by atoms with Crippen LogP contribution in [0.3, 0.4) is 0 Å². The van der Waals surface area contributed by atoms with Gasteiger partial charge >= 0.3 is 0 Å². The zero-order valence-corrected chi connectivity index (χ0v) is 16.8. The molecule has 0 N–H and O–H groups in total. The van der Waals surface area contributed by atoms with Gasteiger partial charge in [-0.2, -0.15) is 0 Å². The summed E-state index contributed by atoms with van der Waals surface area (Å²) < 4.78 is 7.25. The number of aromatic nitrogens is 3. The van der Waals surface area contributed by atoms with Gasteiger partial charge in [0.05, 0.1) is 17.1 Å². The summed E-state index contributed by atoms with van der Waals surface area (Å²) in [6.07, 6.45) is 1.64. The van der Waals surface area contributed by atoms with E-state index >= 15 is 0 Å². The first kappa shape index (κ1) is 18.5. The fourth-order valence-electron chi connectivity index (χ4n) is 2.93. The smallest absolute Gasteiger partial charge is 0.191 e. The highest BCUT2D eigenvalue weighted by Crippen LogP contribution is 2.29. The van der Waals surface area contributed by atoms with Crippen molar-refractivity contribution in [2.24, 2.45) is 7.05 Å². The van der Waals surface area contributed by atoms with Gasteiger partial charge in [0.1, 0.15) is 5.76 Å². The summed E-state index contributed by atoms with van der Waals surface area (Å²) in [6, 6.07) is 5.93. The third-order valence-electron chi connectivity index (χ3n) is 4.69. The maximum Gasteiger partial charge on any atom is 0.191 e. The number of hydrogen-bond donors (Lipinski definition) is 0. The zero-order chi connectivity index (χ0) is 19.0. The quantitative estimate of drug-likeness (QED) is 0.483. The van der Waals surface area contributed by atoms with Crippen LogP contribution in [0, 0.1) is 27.7 Å². The van der Waals surface area contributed by atoms with Gasteiger partial charge in [-0.15, -0.1) is 10.2 Å². The lowest BCUT2D eigenvalue weighted by atomic mass is 9.97. The zero-order valence-electron chi connectivity index (χ0n) is 16.0. The molecule has 136 valence electrons. The van der Waals surface area contributed by atoms with Crippen molar-refractivity contribution in [3.8, 4) is 11.4 Å². The Morgan fingerprint density at radius 2 is 1.81 bits per heavy atom. The molecule has 0 aliphatic heterocycles. The maximum absolute atomic E-state index is 12.9. The lowest BCUT2D eigenvalue weighted by Crippen LogP contribution is -2.16. The standard InChI is InChI=1S/C20H23N3O2S/c1-11-9-13(3)17(10-12(11)2)18(24)15(5)26-20-22-21-19(23(20)6)16-7-8-25-14(16)4/h7-10,15H,1-6H3/t15-/m1/s1. The first-order valence-electron chi connectivity index (χ1n) is 8.52. The average molecular weight is 369 g/mol. The first-order chi connectivity index (χ1) is 12.3. The molecular formula is C20H23N3O2S. The molecule has 0 saturated carbocycles. The molecule has 26 heavy (non-hydrogen) atoms. The van der Waals surface area contributed by atoms with Gasteiger partial charge in [-0.3, -0.25) is 4.79 Å². The van der Waals surface area contributed by atoms with Crippen molar-refractivity contribution in [1.82, 2.24) is 14.8 Å². The minimum Gasteiger partial charge on any atom is -0.469 e. The molecule has 2 heterocycles. The summed E-state index contributed by atoms with van der Waals surface area (Å²) in [4.78, 5) is 12.9. The Bertz CT molecular complexity index is 972. The topological polar surface area (TPSA) is 60.9 Å². The number of rotatable bonds is 5. The molecule has 0 radical (unpaired) electrons. The van der Waals surface area contributed by atoms with Crippen LogP contribution in [0.4, 0.5) is 0 Å². The fraction of sp³-hybridized carbons (Fsp3) is 0.350. The molecular weight excluding hydrogens is 346 g/mol. The Morgan fingerprint density at radius 3 is 2.46 bits per heavy atom. The van der Waals surface area contributed by atoms with E-state index in [0.717, 1.165) is 33.8 Å². The van der Waals surface area contributed by atoms with Gasteiger partial charge in [0.2, 0.25) is 0 Å². The molecule has 0 amide bonds. The monoisotopic (exact) mass is 369 g/mol. The molecule has 0 unspecified atom stereocenters. The third-order valence-corrected chi connectivity index (χ3v) is 5.83. The summed E-state index contributed by atoms with van der Waals surface area (Å²) >= 11 is 1.43. The van der Waals surface area contributed by atoms with Crippen LogP contribution in [-0.2, 0) is 7.05 Å². The summed E-state index contributed by atoms with van der Waals surface area (Å²) in [7, 11) is 1.91. The van der Waals surface area contributed by atoms with E-state index in [1.54, 1.807) is 6.26 Å². The number of nitrogens with zero attached hydrogens (tertiary/aromatic N) is 3. The Hall–Kier alpha value is -2.34. The van der Waals surface area contributed by atoms with E-state index in [4.69, 9.17) is 4.42 Å². The van der Waals surface area contributed by atoms with Crippen LogP contribution >= 0.6 is 11.8 Å². The van der Waals surface area contributed by atoms with E-state index in [2.05, 4.69) is 23.2 Å². The Balaban J connectivity index is 1.84. The van der Waals surface area contributed by atoms with Crippen LogP contribution in [0.15, 0.2) is 34.0 Å². The van der Waals surface area contributed by atoms with Crippen molar-refractivity contribution in [2.75, 3.05) is 0 Å². The van der Waals surface area contributed by atoms with Gasteiger partial charge in [-0.1, -0.05) is 17.8 Å². The van der Waals surface area contributed by atoms with E-state index in [1.165, 1.54) is 17.3 Å². The number of carbonyl (C=O) groups is 1. The molecule has 0 fully saturated rings. The van der Waals surface area contributed by atoms with E-state index in [-0.39, 0.29) is 11.0 Å². The van der Waals surface area contributed by atoms with Crippen LogP contribution in [-0.4, -0.2) is 25.8 Å². The molecule has 0 aliphatic carbocycles. The van der Waals surface area contributed by atoms with Crippen LogP contribution in [0.25, 0.3) is 11.4 Å². The summed E-state index contributed by atoms with van der Waals surface area (Å²) in [5.41, 5.74) is 5.04. The minimum absolute atomic E-state index is 0.111. The predicted octanol–water partition coefficient (Wildman–Crippen LogP) is 4.67. The second-order valence-corrected chi connectivity index (χ2v) is 7.94. The number of Topliss-reactive ketones (excluding diaryl/α,β-unsaturated/α-hetero) is 1. The molecule has 2 aromatic heterocycles. The lowest BCUT2D eigenvalue weighted by Gasteiger charge is -2.13. The van der Waals surface area contributed by atoms with Crippen LogP contribution in [0.2, 0.25) is 0 Å². The average Bonchev–Trinajstić information content (AvgIpc) is 3.16. The van der Waals surface area contributed by atoms with E-state index < -0.39 is 0 Å². The van der Waals surface area contributed by atoms with Crippen molar-refractivity contribution in [3.63, 3.8) is 0 Å². The minimum atomic E-state index is -0.253. The highest BCUT2D eigenvalue weighted by Gasteiger charge is 2.23. The predicted molar refractivity (Wildman–Crippen MR) is 104 cm³/mol. The highest BCUT2D eigenvalue weighted by molar-refractivity contribution is 8.00. The number of ketones is 1. The SMILES string of the molecule is Cc1cc(C)c(C(=O)[C@@H](C)Sc2nnc(-c3ccoc3C)n2C)cc1C. The molecule has 3 rings (SSSR count). The van der Waals surface area contributed by atoms with Crippen LogP contribution < -0.4 is 0 Å². The number of hydrogen-bond acceptors (Lipinski definition) is 5. The maximum atomic E-state index is 12.9. The third kappa shape index (κ3) is 3.33. The van der Waals surface area contributed by atoms with Gasteiger partial charge in [-0.05, 0) is 63.4 Å². The van der Waals surface area contributed by atoms with Crippen molar-refractivity contribution in [2.45, 2.75) is 45.0 Å². The van der Waals surface area contributed by atoms with E-state index in [1.807, 2.05) is 51.4 Å². The number of benzene rings is 1. The molecule has 0 saturated heterocycles. The van der Waals surface area contributed by atoms with Crippen LogP contribution in [0.1, 0.15) is 39.7 Å². The normalized spacial score (nSPS) is 12.4. The number of aryl methyl sites for hydroxylation is 4. The Morgan fingerprint density at radius 1 is 1.12 bits per heavy atom. The lowest BCUT2D eigenvalue weighted by molar-refractivity contribution is 0.0993. The first-order valence-corrected chi connectivity index (χ1v) is 9.40. The van der Waals surface area contributed by atoms with Gasteiger partial charge in [0.25, 0.3) is 0 Å². The van der Waals surface area contributed by atoms with Crippen molar-refractivity contribution < 1.29 is 9.21 Å². The Labute approximate surface area is 157 Å². The van der Waals surface area contributed by atoms with Gasteiger partial charge in [-0.25, -0.2) is 0 Å². The fourth-order valence-corrected chi connectivity index (χ4v) is 3.81. The second-order valence-electron chi connectivity index (χ2n) is 6.63. The number of thioether (sulfide) groups is 1. The number of furan rings is 1. The Kier molecular flexibility index (Phi) is 5.05. The molecule has 1 aromatic carbocycles. The molecule has 1 atom stereocenters. The summed E-state index contributed by atoms with van der Waals surface area (Å²) in [5.74, 6) is 1.65. The van der Waals surface area contributed by atoms with Gasteiger partial charge in [0, 0.05) is 12.6 Å². The molecule has 0 bridgehead atoms. The molecule has 5 nitrogen and oxygen atoms in total. The molecule has 6 heteroatoms. The second kappa shape index (κ2) is 7.11. The molecule has 3 aromatic rings. The van der Waals surface area contributed by atoms with Gasteiger partial charge in [0.15, 0.2) is 16.8 Å². The number of carbonyl (C=O) groups excluding carboxylic acids is 1. The van der Waals surface area contributed by atoms with Crippen molar-refractivity contribution >= 4 is 17.5 Å². The van der Waals surface area contributed by atoms with Gasteiger partial charge < -0.3 is 8.98 Å². The highest BCUT2D eigenvalue weighted by atomic mass is 32.2.